The molecule has 22 heavy (non-hydrogen) atoms. The summed E-state index contributed by atoms with van der Waals surface area (Å²) in [5, 5.41) is 3.34. The molecule has 1 atom stereocenters. The van der Waals surface area contributed by atoms with Crippen LogP contribution in [-0.2, 0) is 9.59 Å². The second-order valence-electron chi connectivity index (χ2n) is 5.10. The summed E-state index contributed by atoms with van der Waals surface area (Å²) in [6.07, 6.45) is 2.47. The molecule has 0 bridgehead atoms. The lowest BCUT2D eigenvalue weighted by Crippen LogP contribution is -2.52. The maximum Gasteiger partial charge on any atom is 0.249 e. The molecule has 1 aliphatic heterocycles. The van der Waals surface area contributed by atoms with E-state index in [1.807, 2.05) is 18.2 Å². The number of amides is 2. The van der Waals surface area contributed by atoms with E-state index in [2.05, 4.69) is 5.32 Å². The number of rotatable bonds is 5. The van der Waals surface area contributed by atoms with Gasteiger partial charge in [-0.2, -0.15) is 0 Å². The molecule has 122 valence electrons. The third-order valence-electron chi connectivity index (χ3n) is 3.53. The molecule has 0 radical (unpaired) electrons. The molecule has 1 fully saturated rings. The molecular weight excluding hydrogens is 325 g/mol. The Morgan fingerprint density at radius 1 is 1.41 bits per heavy atom. The zero-order valence-corrected chi connectivity index (χ0v) is 13.8. The molecular formula is C15H21Cl2N3O2. The van der Waals surface area contributed by atoms with Crippen molar-refractivity contribution in [2.75, 3.05) is 18.0 Å². The van der Waals surface area contributed by atoms with Crippen molar-refractivity contribution in [3.63, 3.8) is 0 Å². The second-order valence-corrected chi connectivity index (χ2v) is 5.50. The first-order chi connectivity index (χ1) is 10.1. The van der Waals surface area contributed by atoms with Crippen LogP contribution in [0.15, 0.2) is 24.3 Å². The van der Waals surface area contributed by atoms with E-state index >= 15 is 0 Å². The molecule has 5 nitrogen and oxygen atoms in total. The number of nitrogens with two attached hydrogens (primary N) is 1. The quantitative estimate of drug-likeness (QED) is 0.857. The van der Waals surface area contributed by atoms with Crippen LogP contribution in [0.5, 0.6) is 0 Å². The highest BCUT2D eigenvalue weighted by Gasteiger charge is 2.31. The number of anilines is 1. The lowest BCUT2D eigenvalue weighted by Gasteiger charge is -2.33. The van der Waals surface area contributed by atoms with Crippen LogP contribution >= 0.6 is 24.0 Å². The van der Waals surface area contributed by atoms with Gasteiger partial charge >= 0.3 is 0 Å². The first-order valence-corrected chi connectivity index (χ1v) is 7.56. The Labute approximate surface area is 141 Å². The molecule has 0 aromatic heterocycles. The number of para-hydroxylation sites is 1. The van der Waals surface area contributed by atoms with Crippen LogP contribution in [0.2, 0.25) is 5.02 Å². The van der Waals surface area contributed by atoms with Gasteiger partial charge < -0.3 is 16.0 Å². The molecule has 2 amide bonds. The minimum absolute atomic E-state index is 0. The fourth-order valence-corrected chi connectivity index (χ4v) is 2.69. The predicted octanol–water partition coefficient (Wildman–Crippen LogP) is 2.11. The Balaban J connectivity index is 0.00000242. The van der Waals surface area contributed by atoms with E-state index in [4.69, 9.17) is 17.3 Å². The zero-order chi connectivity index (χ0) is 15.2. The van der Waals surface area contributed by atoms with Gasteiger partial charge in [-0.25, -0.2) is 0 Å². The summed E-state index contributed by atoms with van der Waals surface area (Å²) in [5.41, 5.74) is 6.08. The number of hydrogen-bond donors (Lipinski definition) is 2. The smallest absolute Gasteiger partial charge is 0.249 e. The maximum absolute atomic E-state index is 12.5. The normalized spacial score (nSPS) is 17.8. The van der Waals surface area contributed by atoms with Gasteiger partial charge in [0, 0.05) is 13.0 Å². The molecule has 0 spiro atoms. The third-order valence-corrected chi connectivity index (χ3v) is 3.84. The van der Waals surface area contributed by atoms with Gasteiger partial charge in [0.05, 0.1) is 10.7 Å². The highest BCUT2D eigenvalue weighted by molar-refractivity contribution is 6.33. The van der Waals surface area contributed by atoms with Gasteiger partial charge in [-0.05, 0) is 37.9 Å². The van der Waals surface area contributed by atoms with Crippen molar-refractivity contribution in [1.29, 1.82) is 0 Å². The number of carbonyl (C=O) groups is 2. The third kappa shape index (κ3) is 4.60. The van der Waals surface area contributed by atoms with Gasteiger partial charge in [-0.1, -0.05) is 23.7 Å². The molecule has 7 heteroatoms. The first-order valence-electron chi connectivity index (χ1n) is 7.19. The van der Waals surface area contributed by atoms with Gasteiger partial charge in [-0.15, -0.1) is 12.4 Å². The van der Waals surface area contributed by atoms with Gasteiger partial charge in [0.2, 0.25) is 11.8 Å². The number of nitrogens with one attached hydrogen (secondary N) is 1. The van der Waals surface area contributed by atoms with Crippen LogP contribution in [0.4, 0.5) is 5.69 Å². The standard InChI is InChI=1S/C15H20ClN3O2.ClH/c16-11-5-1-2-7-13(11)19-10-4-6-12(15(19)21)18-14(20)8-3-9-17;/h1-2,5,7,12H,3-4,6,8-10,17H2,(H,18,20);1H. The first kappa shape index (κ1) is 18.7. The Hall–Kier alpha value is -1.30. The van der Waals surface area contributed by atoms with E-state index in [9.17, 15) is 9.59 Å². The Morgan fingerprint density at radius 2 is 2.14 bits per heavy atom. The molecule has 2 rings (SSSR count). The number of carbonyl (C=O) groups excluding carboxylic acids is 2. The topological polar surface area (TPSA) is 75.4 Å². The summed E-state index contributed by atoms with van der Waals surface area (Å²) in [5.74, 6) is -0.227. The molecule has 1 aromatic carbocycles. The lowest BCUT2D eigenvalue weighted by atomic mass is 10.0. The van der Waals surface area contributed by atoms with Crippen LogP contribution in [0, 0.1) is 0 Å². The minimum atomic E-state index is -0.472. The van der Waals surface area contributed by atoms with Crippen molar-refractivity contribution in [2.45, 2.75) is 31.7 Å². The highest BCUT2D eigenvalue weighted by Crippen LogP contribution is 2.28. The average Bonchev–Trinajstić information content (AvgIpc) is 2.48. The Kier molecular flexibility index (Phi) is 7.65. The van der Waals surface area contributed by atoms with E-state index < -0.39 is 6.04 Å². The van der Waals surface area contributed by atoms with Crippen molar-refractivity contribution in [3.05, 3.63) is 29.3 Å². The summed E-state index contributed by atoms with van der Waals surface area (Å²) in [4.78, 5) is 25.9. The van der Waals surface area contributed by atoms with E-state index in [1.165, 1.54) is 0 Å². The molecule has 1 unspecified atom stereocenters. The maximum atomic E-state index is 12.5. The summed E-state index contributed by atoms with van der Waals surface area (Å²) in [6.45, 7) is 1.09. The van der Waals surface area contributed by atoms with Crippen LogP contribution in [0.25, 0.3) is 0 Å². The molecule has 1 aromatic rings. The van der Waals surface area contributed by atoms with Crippen molar-refractivity contribution in [3.8, 4) is 0 Å². The summed E-state index contributed by atoms with van der Waals surface area (Å²) < 4.78 is 0. The highest BCUT2D eigenvalue weighted by atomic mass is 35.5. The number of halogens is 2. The Morgan fingerprint density at radius 3 is 2.82 bits per heavy atom. The molecule has 1 saturated heterocycles. The lowest BCUT2D eigenvalue weighted by molar-refractivity contribution is -0.128. The van der Waals surface area contributed by atoms with Crippen molar-refractivity contribution < 1.29 is 9.59 Å². The zero-order valence-electron chi connectivity index (χ0n) is 12.3. The van der Waals surface area contributed by atoms with E-state index in [-0.39, 0.29) is 24.2 Å². The largest absolute Gasteiger partial charge is 0.344 e. The number of hydrogen-bond acceptors (Lipinski definition) is 3. The van der Waals surface area contributed by atoms with Crippen molar-refractivity contribution >= 4 is 41.5 Å². The summed E-state index contributed by atoms with van der Waals surface area (Å²) in [6, 6.07) is 6.77. The van der Waals surface area contributed by atoms with E-state index in [0.29, 0.717) is 43.1 Å². The summed E-state index contributed by atoms with van der Waals surface area (Å²) in [7, 11) is 0. The SMILES string of the molecule is Cl.NCCCC(=O)NC1CCCN(c2ccccc2Cl)C1=O. The van der Waals surface area contributed by atoms with Crippen LogP contribution in [0.1, 0.15) is 25.7 Å². The fourth-order valence-electron chi connectivity index (χ4n) is 2.45. The molecule has 0 aliphatic carbocycles. The number of piperidine rings is 1. The van der Waals surface area contributed by atoms with Crippen LogP contribution < -0.4 is 16.0 Å². The molecule has 3 N–H and O–H groups in total. The van der Waals surface area contributed by atoms with E-state index in [1.54, 1.807) is 11.0 Å². The number of nitrogens with zero attached hydrogens (tertiary/aromatic N) is 1. The fraction of sp³-hybridized carbons (Fsp3) is 0.467. The second kappa shape index (κ2) is 8.98. The predicted molar refractivity (Wildman–Crippen MR) is 90.5 cm³/mol. The van der Waals surface area contributed by atoms with Crippen LogP contribution in [0.3, 0.4) is 0 Å². The Bertz CT molecular complexity index is 525. The van der Waals surface area contributed by atoms with Crippen molar-refractivity contribution in [1.82, 2.24) is 5.32 Å². The number of benzene rings is 1. The van der Waals surface area contributed by atoms with Gasteiger partial charge in [0.15, 0.2) is 0 Å². The monoisotopic (exact) mass is 345 g/mol. The molecule has 0 saturated carbocycles. The molecule has 1 aliphatic rings. The summed E-state index contributed by atoms with van der Waals surface area (Å²) >= 11 is 6.15. The van der Waals surface area contributed by atoms with E-state index in [0.717, 1.165) is 6.42 Å². The van der Waals surface area contributed by atoms with Crippen LogP contribution in [-0.4, -0.2) is 30.9 Å². The molecule has 1 heterocycles. The van der Waals surface area contributed by atoms with Crippen molar-refractivity contribution in [2.24, 2.45) is 5.73 Å². The van der Waals surface area contributed by atoms with Gasteiger partial charge in [-0.3, -0.25) is 9.59 Å². The van der Waals surface area contributed by atoms with Gasteiger partial charge in [0.1, 0.15) is 6.04 Å². The minimum Gasteiger partial charge on any atom is -0.344 e. The van der Waals surface area contributed by atoms with Gasteiger partial charge in [0.25, 0.3) is 0 Å². The average molecular weight is 346 g/mol.